The third-order valence-electron chi connectivity index (χ3n) is 2.43. The Morgan fingerprint density at radius 1 is 1.43 bits per heavy atom. The fourth-order valence-electron chi connectivity index (χ4n) is 1.83. The Bertz CT molecular complexity index is 460. The normalized spacial score (nSPS) is 11.1. The second kappa shape index (κ2) is 3.75. The van der Waals surface area contributed by atoms with Crippen LogP contribution >= 0.6 is 15.9 Å². The zero-order chi connectivity index (χ0) is 10.1. The van der Waals surface area contributed by atoms with Gasteiger partial charge in [0.15, 0.2) is 0 Å². The second-order valence-corrected chi connectivity index (χ2v) is 4.26. The predicted octanol–water partition coefficient (Wildman–Crippen LogP) is 2.67. The first-order chi connectivity index (χ1) is 6.74. The highest BCUT2D eigenvalue weighted by atomic mass is 79.9. The van der Waals surface area contributed by atoms with Crippen molar-refractivity contribution in [1.82, 2.24) is 4.57 Å². The van der Waals surface area contributed by atoms with E-state index in [2.05, 4.69) is 51.7 Å². The number of halogens is 1. The molecule has 0 aliphatic rings. The molecule has 14 heavy (non-hydrogen) atoms. The Labute approximate surface area is 91.8 Å². The molecule has 0 saturated carbocycles. The number of aryl methyl sites for hydroxylation is 1. The monoisotopic (exact) mass is 252 g/mol. The molecule has 0 saturated heterocycles. The van der Waals surface area contributed by atoms with Crippen LogP contribution in [0.3, 0.4) is 0 Å². The van der Waals surface area contributed by atoms with Crippen LogP contribution in [0.25, 0.3) is 10.9 Å². The lowest BCUT2D eigenvalue weighted by Gasteiger charge is -2.07. The number of benzene rings is 1. The molecule has 0 unspecified atom stereocenters. The van der Waals surface area contributed by atoms with Crippen molar-refractivity contribution in [1.29, 1.82) is 0 Å². The number of rotatable bonds is 2. The van der Waals surface area contributed by atoms with Crippen molar-refractivity contribution in [3.63, 3.8) is 0 Å². The fourth-order valence-corrected chi connectivity index (χ4v) is 2.43. The quantitative estimate of drug-likeness (QED) is 0.876. The molecule has 0 radical (unpaired) electrons. The molecule has 0 fully saturated rings. The van der Waals surface area contributed by atoms with Gasteiger partial charge in [-0.1, -0.05) is 12.1 Å². The molecule has 0 atom stereocenters. The highest BCUT2D eigenvalue weighted by Crippen LogP contribution is 2.26. The molecule has 0 aliphatic carbocycles. The summed E-state index contributed by atoms with van der Waals surface area (Å²) in [6.45, 7) is 3.66. The van der Waals surface area contributed by atoms with Gasteiger partial charge in [0.25, 0.3) is 0 Å². The molecule has 2 rings (SSSR count). The minimum Gasteiger partial charge on any atom is -0.343 e. The van der Waals surface area contributed by atoms with Gasteiger partial charge in [-0.15, -0.1) is 0 Å². The summed E-state index contributed by atoms with van der Waals surface area (Å²) in [5, 5.41) is 1.27. The third kappa shape index (κ3) is 1.47. The maximum atomic E-state index is 5.59. The lowest BCUT2D eigenvalue weighted by atomic mass is 10.2. The highest BCUT2D eigenvalue weighted by Gasteiger charge is 2.06. The Morgan fingerprint density at radius 2 is 2.21 bits per heavy atom. The zero-order valence-corrected chi connectivity index (χ0v) is 9.71. The van der Waals surface area contributed by atoms with Gasteiger partial charge in [0.2, 0.25) is 0 Å². The molecule has 2 N–H and O–H groups in total. The molecule has 0 bridgehead atoms. The lowest BCUT2D eigenvalue weighted by molar-refractivity contribution is 0.714. The summed E-state index contributed by atoms with van der Waals surface area (Å²) in [5.74, 6) is 0. The summed E-state index contributed by atoms with van der Waals surface area (Å²) >= 11 is 3.57. The van der Waals surface area contributed by atoms with Gasteiger partial charge in [0, 0.05) is 28.6 Å². The van der Waals surface area contributed by atoms with Crippen molar-refractivity contribution in [2.45, 2.75) is 13.5 Å². The van der Waals surface area contributed by atoms with Crippen molar-refractivity contribution < 1.29 is 0 Å². The van der Waals surface area contributed by atoms with E-state index in [0.29, 0.717) is 6.54 Å². The molecule has 1 heterocycles. The van der Waals surface area contributed by atoms with Crippen LogP contribution in [0.1, 0.15) is 5.69 Å². The van der Waals surface area contributed by atoms with Gasteiger partial charge >= 0.3 is 0 Å². The molecule has 2 aromatic rings. The first-order valence-electron chi connectivity index (χ1n) is 4.68. The van der Waals surface area contributed by atoms with E-state index < -0.39 is 0 Å². The van der Waals surface area contributed by atoms with Crippen LogP contribution in [-0.2, 0) is 6.54 Å². The first kappa shape index (κ1) is 9.74. The van der Waals surface area contributed by atoms with Crippen LogP contribution in [0.4, 0.5) is 0 Å². The van der Waals surface area contributed by atoms with Gasteiger partial charge in [-0.3, -0.25) is 0 Å². The predicted molar refractivity (Wildman–Crippen MR) is 63.4 cm³/mol. The molecule has 2 nitrogen and oxygen atoms in total. The van der Waals surface area contributed by atoms with E-state index in [1.807, 2.05) is 0 Å². The third-order valence-corrected chi connectivity index (χ3v) is 3.07. The SMILES string of the molecule is Cc1cc2cccc(Br)c2n1CCN. The molecule has 1 aromatic heterocycles. The van der Waals surface area contributed by atoms with Crippen LogP contribution in [-0.4, -0.2) is 11.1 Å². The Kier molecular flexibility index (Phi) is 2.61. The van der Waals surface area contributed by atoms with Crippen LogP contribution in [0.5, 0.6) is 0 Å². The van der Waals surface area contributed by atoms with Crippen LogP contribution in [0.2, 0.25) is 0 Å². The number of hydrogen-bond donors (Lipinski definition) is 1. The average Bonchev–Trinajstić information content (AvgIpc) is 2.45. The van der Waals surface area contributed by atoms with Crippen LogP contribution in [0, 0.1) is 6.92 Å². The molecular weight excluding hydrogens is 240 g/mol. The number of nitrogens with zero attached hydrogens (tertiary/aromatic N) is 1. The van der Waals surface area contributed by atoms with Gasteiger partial charge in [-0.2, -0.15) is 0 Å². The molecule has 1 aromatic carbocycles. The molecular formula is C11H13BrN2. The highest BCUT2D eigenvalue weighted by molar-refractivity contribution is 9.10. The van der Waals surface area contributed by atoms with Crippen molar-refractivity contribution in [3.05, 3.63) is 34.4 Å². The topological polar surface area (TPSA) is 30.9 Å². The number of para-hydroxylation sites is 1. The van der Waals surface area contributed by atoms with Gasteiger partial charge in [0.05, 0.1) is 5.52 Å². The van der Waals surface area contributed by atoms with Crippen molar-refractivity contribution >= 4 is 26.8 Å². The maximum Gasteiger partial charge on any atom is 0.0627 e. The van der Waals surface area contributed by atoms with E-state index in [1.54, 1.807) is 0 Å². The van der Waals surface area contributed by atoms with E-state index in [4.69, 9.17) is 5.73 Å². The number of aromatic nitrogens is 1. The molecule has 3 heteroatoms. The molecule has 0 aliphatic heterocycles. The summed E-state index contributed by atoms with van der Waals surface area (Å²) in [4.78, 5) is 0. The van der Waals surface area contributed by atoms with Crippen molar-refractivity contribution in [2.75, 3.05) is 6.54 Å². The lowest BCUT2D eigenvalue weighted by Crippen LogP contribution is -2.10. The standard InChI is InChI=1S/C11H13BrN2/c1-8-7-9-3-2-4-10(12)11(9)14(8)6-5-13/h2-4,7H,5-6,13H2,1H3. The maximum absolute atomic E-state index is 5.59. The summed E-state index contributed by atoms with van der Waals surface area (Å²) in [6.07, 6.45) is 0. The van der Waals surface area contributed by atoms with Gasteiger partial charge in [0.1, 0.15) is 0 Å². The molecule has 0 spiro atoms. The largest absolute Gasteiger partial charge is 0.343 e. The minimum absolute atomic E-state index is 0.673. The Hall–Kier alpha value is -0.800. The summed E-state index contributed by atoms with van der Waals surface area (Å²) in [6, 6.07) is 8.43. The number of nitrogens with two attached hydrogens (primary N) is 1. The van der Waals surface area contributed by atoms with Crippen molar-refractivity contribution in [2.24, 2.45) is 5.73 Å². The first-order valence-corrected chi connectivity index (χ1v) is 5.48. The summed E-state index contributed by atoms with van der Waals surface area (Å²) < 4.78 is 3.39. The van der Waals surface area contributed by atoms with E-state index in [9.17, 15) is 0 Å². The Balaban J connectivity index is 2.73. The smallest absolute Gasteiger partial charge is 0.0627 e. The van der Waals surface area contributed by atoms with Gasteiger partial charge < -0.3 is 10.3 Å². The minimum atomic E-state index is 0.673. The zero-order valence-electron chi connectivity index (χ0n) is 8.13. The fraction of sp³-hybridized carbons (Fsp3) is 0.273. The van der Waals surface area contributed by atoms with E-state index in [1.165, 1.54) is 16.6 Å². The van der Waals surface area contributed by atoms with Crippen LogP contribution < -0.4 is 5.73 Å². The van der Waals surface area contributed by atoms with E-state index >= 15 is 0 Å². The summed E-state index contributed by atoms with van der Waals surface area (Å²) in [5.41, 5.74) is 8.10. The van der Waals surface area contributed by atoms with Crippen LogP contribution in [0.15, 0.2) is 28.7 Å². The van der Waals surface area contributed by atoms with E-state index in [-0.39, 0.29) is 0 Å². The molecule has 74 valence electrons. The Morgan fingerprint density at radius 3 is 2.93 bits per heavy atom. The van der Waals surface area contributed by atoms with Crippen molar-refractivity contribution in [3.8, 4) is 0 Å². The number of fused-ring (bicyclic) bond motifs is 1. The van der Waals surface area contributed by atoms with Gasteiger partial charge in [-0.25, -0.2) is 0 Å². The molecule has 0 amide bonds. The number of hydrogen-bond acceptors (Lipinski definition) is 1. The second-order valence-electron chi connectivity index (χ2n) is 3.40. The van der Waals surface area contributed by atoms with E-state index in [0.717, 1.165) is 11.0 Å². The van der Waals surface area contributed by atoms with Gasteiger partial charge in [-0.05, 0) is 35.0 Å². The average molecular weight is 253 g/mol. The summed E-state index contributed by atoms with van der Waals surface area (Å²) in [7, 11) is 0.